The number of benzene rings is 2. The van der Waals surface area contributed by atoms with E-state index in [1.54, 1.807) is 6.07 Å². The number of methoxy groups -OCH3 is 1. The van der Waals surface area contributed by atoms with Crippen LogP contribution in [0.15, 0.2) is 54.6 Å². The highest BCUT2D eigenvalue weighted by atomic mass is 19.1. The molecule has 0 aromatic heterocycles. The van der Waals surface area contributed by atoms with Crippen LogP contribution in [0.25, 0.3) is 0 Å². The Balaban J connectivity index is 1.62. The molecule has 2 amide bonds. The van der Waals surface area contributed by atoms with Gasteiger partial charge in [-0.15, -0.1) is 0 Å². The van der Waals surface area contributed by atoms with Gasteiger partial charge in [0.15, 0.2) is 5.78 Å². The van der Waals surface area contributed by atoms with Crippen LogP contribution >= 0.6 is 0 Å². The molecule has 44 heavy (non-hydrogen) atoms. The summed E-state index contributed by atoms with van der Waals surface area (Å²) in [4.78, 5) is 69.0. The van der Waals surface area contributed by atoms with E-state index in [0.717, 1.165) is 5.56 Å². The first-order valence-electron chi connectivity index (χ1n) is 14.9. The molecular formula is C33H39FN2O8. The number of hydrogen-bond acceptors (Lipinski definition) is 8. The minimum Gasteiger partial charge on any atom is -0.469 e. The Morgan fingerprint density at radius 1 is 1.00 bits per heavy atom. The van der Waals surface area contributed by atoms with Crippen LogP contribution in [0.3, 0.4) is 0 Å². The van der Waals surface area contributed by atoms with E-state index >= 15 is 0 Å². The molecule has 0 bridgehead atoms. The van der Waals surface area contributed by atoms with Crippen molar-refractivity contribution in [1.29, 1.82) is 0 Å². The Labute approximate surface area is 256 Å². The standard InChI is InChI=1S/C33H39FN2O8/c1-22(44-23(2)37)27(31(40)42-3)19-29(38)33(20-25-12-7-13-26(34)18-25)15-9-17-36(33)30(39)28-14-8-16-35(28)32(41)43-21-24-10-5-4-6-11-24/h4-7,10-13,18,22,27-28H,8-9,14-17,19-21H2,1-3H3/t22-,27+,28+,33?/m1/s1. The van der Waals surface area contributed by atoms with Gasteiger partial charge in [-0.3, -0.25) is 24.1 Å². The molecule has 4 atom stereocenters. The summed E-state index contributed by atoms with van der Waals surface area (Å²) in [5.41, 5.74) is -0.105. The van der Waals surface area contributed by atoms with Crippen molar-refractivity contribution in [2.75, 3.05) is 20.2 Å². The Morgan fingerprint density at radius 2 is 1.73 bits per heavy atom. The summed E-state index contributed by atoms with van der Waals surface area (Å²) < 4.78 is 29.9. The average Bonchev–Trinajstić information content (AvgIpc) is 3.66. The third kappa shape index (κ3) is 7.43. The maximum atomic E-state index is 14.3. The first-order chi connectivity index (χ1) is 21.1. The summed E-state index contributed by atoms with van der Waals surface area (Å²) in [5, 5.41) is 0. The van der Waals surface area contributed by atoms with Gasteiger partial charge >= 0.3 is 18.0 Å². The quantitative estimate of drug-likeness (QED) is 0.274. The van der Waals surface area contributed by atoms with Gasteiger partial charge < -0.3 is 19.1 Å². The molecular weight excluding hydrogens is 571 g/mol. The Hall–Kier alpha value is -4.28. The first kappa shape index (κ1) is 32.6. The SMILES string of the molecule is COC(=O)[C@@H](CC(=O)C1(Cc2cccc(F)c2)CCCN1C(=O)[C@@H]1CCCN1C(=O)OCc1ccccc1)[C@@H](C)OC(C)=O. The number of ether oxygens (including phenoxy) is 3. The average molecular weight is 611 g/mol. The molecule has 10 nitrogen and oxygen atoms in total. The lowest BCUT2D eigenvalue weighted by Gasteiger charge is -2.40. The van der Waals surface area contributed by atoms with E-state index in [2.05, 4.69) is 0 Å². The van der Waals surface area contributed by atoms with Gasteiger partial charge in [0.2, 0.25) is 5.91 Å². The van der Waals surface area contributed by atoms with Crippen LogP contribution in [0.2, 0.25) is 0 Å². The maximum Gasteiger partial charge on any atom is 0.410 e. The second kappa shape index (κ2) is 14.5. The van der Waals surface area contributed by atoms with Gasteiger partial charge in [-0.1, -0.05) is 42.5 Å². The van der Waals surface area contributed by atoms with Crippen molar-refractivity contribution in [2.45, 2.75) is 76.7 Å². The van der Waals surface area contributed by atoms with Gasteiger partial charge in [-0.2, -0.15) is 0 Å². The molecule has 2 fully saturated rings. The summed E-state index contributed by atoms with van der Waals surface area (Å²) in [5.74, 6) is -3.78. The molecule has 4 rings (SSSR count). The number of amides is 2. The highest BCUT2D eigenvalue weighted by molar-refractivity contribution is 5.97. The van der Waals surface area contributed by atoms with Gasteiger partial charge in [-0.25, -0.2) is 9.18 Å². The molecule has 0 aliphatic carbocycles. The molecule has 0 N–H and O–H groups in total. The minimum absolute atomic E-state index is 0.0103. The van der Waals surface area contributed by atoms with Crippen molar-refractivity contribution in [2.24, 2.45) is 5.92 Å². The first-order valence-corrected chi connectivity index (χ1v) is 14.9. The zero-order valence-corrected chi connectivity index (χ0v) is 25.3. The van der Waals surface area contributed by atoms with E-state index in [0.29, 0.717) is 31.4 Å². The molecule has 2 aromatic carbocycles. The molecule has 2 aliphatic rings. The fourth-order valence-corrected chi connectivity index (χ4v) is 6.31. The van der Waals surface area contributed by atoms with Crippen LogP contribution in [-0.4, -0.2) is 77.4 Å². The number of carbonyl (C=O) groups is 5. The van der Waals surface area contributed by atoms with Crippen molar-refractivity contribution in [1.82, 2.24) is 9.80 Å². The Morgan fingerprint density at radius 3 is 2.41 bits per heavy atom. The molecule has 2 heterocycles. The normalized spacial score (nSPS) is 21.0. The second-order valence-electron chi connectivity index (χ2n) is 11.4. The van der Waals surface area contributed by atoms with E-state index in [4.69, 9.17) is 14.2 Å². The molecule has 0 radical (unpaired) electrons. The number of esters is 2. The van der Waals surface area contributed by atoms with Gasteiger partial charge in [0.1, 0.15) is 36.0 Å². The minimum atomic E-state index is -1.42. The van der Waals surface area contributed by atoms with E-state index < -0.39 is 59.1 Å². The number of ketones is 1. The smallest absolute Gasteiger partial charge is 0.410 e. The van der Waals surface area contributed by atoms with Crippen LogP contribution in [-0.2, 0) is 46.4 Å². The lowest BCUT2D eigenvalue weighted by molar-refractivity contribution is -0.161. The van der Waals surface area contributed by atoms with Crippen molar-refractivity contribution in [3.63, 3.8) is 0 Å². The number of carbonyl (C=O) groups excluding carboxylic acids is 5. The molecule has 2 aliphatic heterocycles. The van der Waals surface area contributed by atoms with E-state index in [-0.39, 0.29) is 32.4 Å². The molecule has 0 saturated carbocycles. The van der Waals surface area contributed by atoms with Crippen LogP contribution in [0, 0.1) is 11.7 Å². The van der Waals surface area contributed by atoms with Crippen LogP contribution in [0.5, 0.6) is 0 Å². The third-order valence-electron chi connectivity index (χ3n) is 8.46. The highest BCUT2D eigenvalue weighted by Crippen LogP contribution is 2.38. The zero-order chi connectivity index (χ0) is 31.9. The number of halogens is 1. The van der Waals surface area contributed by atoms with Crippen molar-refractivity contribution >= 4 is 29.7 Å². The topological polar surface area (TPSA) is 120 Å². The molecule has 236 valence electrons. The summed E-state index contributed by atoms with van der Waals surface area (Å²) in [6.07, 6.45) is -0.203. The summed E-state index contributed by atoms with van der Waals surface area (Å²) in [6, 6.07) is 14.2. The molecule has 2 saturated heterocycles. The van der Waals surface area contributed by atoms with E-state index in [9.17, 15) is 28.4 Å². The van der Waals surface area contributed by atoms with Crippen molar-refractivity contribution in [3.8, 4) is 0 Å². The fraction of sp³-hybridized carbons (Fsp3) is 0.485. The van der Waals surface area contributed by atoms with Crippen molar-refractivity contribution < 1.29 is 42.6 Å². The van der Waals surface area contributed by atoms with Gasteiger partial charge in [-0.05, 0) is 55.9 Å². The highest BCUT2D eigenvalue weighted by Gasteiger charge is 2.53. The lowest BCUT2D eigenvalue weighted by Crippen LogP contribution is -2.59. The van der Waals surface area contributed by atoms with Gasteiger partial charge in [0.25, 0.3) is 0 Å². The van der Waals surface area contributed by atoms with Crippen LogP contribution < -0.4 is 0 Å². The molecule has 2 aromatic rings. The maximum absolute atomic E-state index is 14.3. The molecule has 1 unspecified atom stereocenters. The van der Waals surface area contributed by atoms with Crippen LogP contribution in [0.4, 0.5) is 9.18 Å². The largest absolute Gasteiger partial charge is 0.469 e. The van der Waals surface area contributed by atoms with Gasteiger partial charge in [0.05, 0.1) is 7.11 Å². The summed E-state index contributed by atoms with van der Waals surface area (Å²) >= 11 is 0. The molecule has 0 spiro atoms. The number of likely N-dealkylation sites (tertiary alicyclic amines) is 2. The monoisotopic (exact) mass is 610 g/mol. The van der Waals surface area contributed by atoms with Crippen LogP contribution in [0.1, 0.15) is 57.1 Å². The number of hydrogen-bond donors (Lipinski definition) is 0. The van der Waals surface area contributed by atoms with Crippen molar-refractivity contribution in [3.05, 3.63) is 71.5 Å². The zero-order valence-electron chi connectivity index (χ0n) is 25.3. The summed E-state index contributed by atoms with van der Waals surface area (Å²) in [6.45, 7) is 3.33. The third-order valence-corrected chi connectivity index (χ3v) is 8.46. The second-order valence-corrected chi connectivity index (χ2v) is 11.4. The predicted octanol–water partition coefficient (Wildman–Crippen LogP) is 4.23. The lowest BCUT2D eigenvalue weighted by atomic mass is 9.79. The number of Topliss-reactive ketones (excluding diaryl/α,β-unsaturated/α-hetero) is 1. The Bertz CT molecular complexity index is 1370. The fourth-order valence-electron chi connectivity index (χ4n) is 6.31. The van der Waals surface area contributed by atoms with Gasteiger partial charge in [0, 0.05) is 32.9 Å². The predicted molar refractivity (Wildman–Crippen MR) is 156 cm³/mol. The van der Waals surface area contributed by atoms with E-state index in [1.807, 2.05) is 30.3 Å². The molecule has 11 heteroatoms. The number of nitrogens with zero attached hydrogens (tertiary/aromatic N) is 2. The summed E-state index contributed by atoms with van der Waals surface area (Å²) in [7, 11) is 1.18. The Kier molecular flexibility index (Phi) is 10.7. The number of rotatable bonds is 11. The van der Waals surface area contributed by atoms with E-state index in [1.165, 1.54) is 49.0 Å².